The number of hydrogen-bond acceptors (Lipinski definition) is 5. The van der Waals surface area contributed by atoms with Crippen LogP contribution in [-0.2, 0) is 9.53 Å². The van der Waals surface area contributed by atoms with Crippen LogP contribution in [0.1, 0.15) is 17.8 Å². The monoisotopic (exact) mass is 334 g/mol. The average molecular weight is 335 g/mol. The number of likely N-dealkylation sites (N-methyl/N-ethyl adjacent to an activating group) is 1. The van der Waals surface area contributed by atoms with E-state index >= 15 is 0 Å². The molecule has 1 aromatic rings. The van der Waals surface area contributed by atoms with Crippen molar-refractivity contribution in [1.82, 2.24) is 10.2 Å². The molecule has 0 aromatic carbocycles. The molecule has 0 amide bonds. The predicted octanol–water partition coefficient (Wildman–Crippen LogP) is 2.27. The molecular weight excluding hydrogens is 316 g/mol. The molecule has 18 heavy (non-hydrogen) atoms. The van der Waals surface area contributed by atoms with Gasteiger partial charge in [0.05, 0.1) is 6.61 Å². The van der Waals surface area contributed by atoms with Gasteiger partial charge in [0.15, 0.2) is 0 Å². The zero-order valence-electron chi connectivity index (χ0n) is 10.9. The molecule has 0 radical (unpaired) electrons. The summed E-state index contributed by atoms with van der Waals surface area (Å²) in [6.45, 7) is 3.83. The van der Waals surface area contributed by atoms with Gasteiger partial charge in [-0.3, -0.25) is 5.32 Å². The fraction of sp³-hybridized carbons (Fsp3) is 0.583. The van der Waals surface area contributed by atoms with Crippen molar-refractivity contribution in [3.8, 4) is 0 Å². The van der Waals surface area contributed by atoms with Crippen molar-refractivity contribution in [2.45, 2.75) is 13.0 Å². The second kappa shape index (κ2) is 7.89. The zero-order chi connectivity index (χ0) is 13.5. The number of halogens is 1. The Kier molecular flexibility index (Phi) is 6.85. The Morgan fingerprint density at radius 1 is 1.61 bits per heavy atom. The van der Waals surface area contributed by atoms with Crippen LogP contribution in [0.4, 0.5) is 0 Å². The van der Waals surface area contributed by atoms with Gasteiger partial charge in [-0.2, -0.15) is 0 Å². The molecule has 1 N–H and O–H groups in total. The normalized spacial score (nSPS) is 12.7. The van der Waals surface area contributed by atoms with Crippen molar-refractivity contribution in [3.05, 3.63) is 20.8 Å². The Morgan fingerprint density at radius 2 is 2.33 bits per heavy atom. The minimum atomic E-state index is -0.390. The van der Waals surface area contributed by atoms with Gasteiger partial charge in [-0.15, -0.1) is 11.3 Å². The molecule has 1 aromatic heterocycles. The van der Waals surface area contributed by atoms with Crippen LogP contribution in [0.2, 0.25) is 0 Å². The molecule has 0 aliphatic rings. The van der Waals surface area contributed by atoms with Crippen LogP contribution in [0.5, 0.6) is 0 Å². The minimum Gasteiger partial charge on any atom is -0.465 e. The molecule has 0 bridgehead atoms. The molecule has 0 spiro atoms. The number of nitrogens with zero attached hydrogens (tertiary/aromatic N) is 1. The van der Waals surface area contributed by atoms with Crippen LogP contribution in [0, 0.1) is 0 Å². The van der Waals surface area contributed by atoms with Gasteiger partial charge in [0.1, 0.15) is 6.04 Å². The lowest BCUT2D eigenvalue weighted by Gasteiger charge is -2.18. The lowest BCUT2D eigenvalue weighted by Crippen LogP contribution is -2.34. The number of hydrogen-bond donors (Lipinski definition) is 1. The first kappa shape index (κ1) is 15.6. The van der Waals surface area contributed by atoms with Crippen molar-refractivity contribution in [2.24, 2.45) is 0 Å². The van der Waals surface area contributed by atoms with E-state index in [0.717, 1.165) is 22.4 Å². The van der Waals surface area contributed by atoms with Crippen LogP contribution in [0.15, 0.2) is 15.9 Å². The molecule has 1 atom stereocenters. The maximum absolute atomic E-state index is 12.0. The van der Waals surface area contributed by atoms with E-state index in [2.05, 4.69) is 26.1 Å². The molecule has 102 valence electrons. The lowest BCUT2D eigenvalue weighted by molar-refractivity contribution is -0.145. The Labute approximate surface area is 120 Å². The molecule has 0 aliphatic carbocycles. The number of carbonyl (C=O) groups excluding carboxylic acids is 1. The molecular formula is C12H19BrN2O2S. The first-order valence-corrected chi connectivity index (χ1v) is 7.51. The zero-order valence-corrected chi connectivity index (χ0v) is 13.3. The topological polar surface area (TPSA) is 41.6 Å². The number of rotatable bonds is 7. The van der Waals surface area contributed by atoms with E-state index in [4.69, 9.17) is 4.74 Å². The lowest BCUT2D eigenvalue weighted by atomic mass is 10.2. The first-order valence-electron chi connectivity index (χ1n) is 5.84. The Balaban J connectivity index is 2.70. The number of nitrogens with one attached hydrogen (secondary N) is 1. The van der Waals surface area contributed by atoms with Gasteiger partial charge in [-0.05, 0) is 48.4 Å². The molecule has 1 rings (SSSR count). The van der Waals surface area contributed by atoms with Crippen LogP contribution in [0.3, 0.4) is 0 Å². The minimum absolute atomic E-state index is 0.223. The third-order valence-corrected chi connectivity index (χ3v) is 4.27. The van der Waals surface area contributed by atoms with Gasteiger partial charge < -0.3 is 9.64 Å². The van der Waals surface area contributed by atoms with Gasteiger partial charge >= 0.3 is 5.97 Å². The van der Waals surface area contributed by atoms with E-state index in [1.165, 1.54) is 0 Å². The number of carbonyl (C=O) groups is 1. The molecule has 0 saturated heterocycles. The predicted molar refractivity (Wildman–Crippen MR) is 77.9 cm³/mol. The van der Waals surface area contributed by atoms with Crippen LogP contribution >= 0.6 is 27.3 Å². The Morgan fingerprint density at radius 3 is 2.83 bits per heavy atom. The van der Waals surface area contributed by atoms with Crippen LogP contribution in [-0.4, -0.2) is 44.7 Å². The second-order valence-electron chi connectivity index (χ2n) is 4.08. The summed E-state index contributed by atoms with van der Waals surface area (Å²) in [5, 5.41) is 5.20. The van der Waals surface area contributed by atoms with Crippen molar-refractivity contribution in [1.29, 1.82) is 0 Å². The van der Waals surface area contributed by atoms with Crippen molar-refractivity contribution in [2.75, 3.05) is 33.8 Å². The largest absolute Gasteiger partial charge is 0.465 e. The SMILES string of the molecule is CCOC(=O)C(NCCN(C)C)c1sccc1Br. The van der Waals surface area contributed by atoms with Gasteiger partial charge in [-0.1, -0.05) is 0 Å². The summed E-state index contributed by atoms with van der Waals surface area (Å²) >= 11 is 5.01. The summed E-state index contributed by atoms with van der Waals surface area (Å²) < 4.78 is 6.06. The highest BCUT2D eigenvalue weighted by atomic mass is 79.9. The highest BCUT2D eigenvalue weighted by molar-refractivity contribution is 9.10. The second-order valence-corrected chi connectivity index (χ2v) is 5.88. The number of thiophene rings is 1. The van der Waals surface area contributed by atoms with Gasteiger partial charge in [0.25, 0.3) is 0 Å². The number of esters is 1. The number of ether oxygens (including phenoxy) is 1. The van der Waals surface area contributed by atoms with Gasteiger partial charge in [0.2, 0.25) is 0 Å². The van der Waals surface area contributed by atoms with E-state index in [1.54, 1.807) is 11.3 Å². The summed E-state index contributed by atoms with van der Waals surface area (Å²) in [6.07, 6.45) is 0. The molecule has 0 fully saturated rings. The third kappa shape index (κ3) is 4.68. The van der Waals surface area contributed by atoms with E-state index in [0.29, 0.717) is 6.61 Å². The van der Waals surface area contributed by atoms with Crippen LogP contribution < -0.4 is 5.32 Å². The summed E-state index contributed by atoms with van der Waals surface area (Å²) in [7, 11) is 4.00. The Bertz CT molecular complexity index is 382. The smallest absolute Gasteiger partial charge is 0.328 e. The maximum Gasteiger partial charge on any atom is 0.328 e. The highest BCUT2D eigenvalue weighted by Gasteiger charge is 2.24. The van der Waals surface area contributed by atoms with Gasteiger partial charge in [0, 0.05) is 22.4 Å². The van der Waals surface area contributed by atoms with E-state index in [1.807, 2.05) is 32.5 Å². The van der Waals surface area contributed by atoms with E-state index < -0.39 is 0 Å². The van der Waals surface area contributed by atoms with E-state index in [-0.39, 0.29) is 12.0 Å². The van der Waals surface area contributed by atoms with Crippen molar-refractivity contribution < 1.29 is 9.53 Å². The highest BCUT2D eigenvalue weighted by Crippen LogP contribution is 2.29. The first-order chi connectivity index (χ1) is 8.56. The van der Waals surface area contributed by atoms with Crippen molar-refractivity contribution >= 4 is 33.2 Å². The fourth-order valence-corrected chi connectivity index (χ4v) is 3.12. The Hall–Kier alpha value is -0.430. The molecule has 1 heterocycles. The third-order valence-electron chi connectivity index (χ3n) is 2.34. The quantitative estimate of drug-likeness (QED) is 0.776. The summed E-state index contributed by atoms with van der Waals surface area (Å²) in [5.74, 6) is -0.223. The molecule has 6 heteroatoms. The molecule has 4 nitrogen and oxygen atoms in total. The van der Waals surface area contributed by atoms with E-state index in [9.17, 15) is 4.79 Å². The molecule has 1 unspecified atom stereocenters. The molecule has 0 aliphatic heterocycles. The van der Waals surface area contributed by atoms with Gasteiger partial charge in [-0.25, -0.2) is 4.79 Å². The average Bonchev–Trinajstić information content (AvgIpc) is 2.71. The van der Waals surface area contributed by atoms with Crippen LogP contribution in [0.25, 0.3) is 0 Å². The van der Waals surface area contributed by atoms with Crippen molar-refractivity contribution in [3.63, 3.8) is 0 Å². The summed E-state index contributed by atoms with van der Waals surface area (Å²) in [6, 6.07) is 1.55. The standard InChI is InChI=1S/C12H19BrN2O2S/c1-4-17-12(16)10(14-6-7-15(2)3)11-9(13)5-8-18-11/h5,8,10,14H,4,6-7H2,1-3H3. The fourth-order valence-electron chi connectivity index (χ4n) is 1.45. The summed E-state index contributed by atoms with van der Waals surface area (Å²) in [4.78, 5) is 15.0. The molecule has 0 saturated carbocycles. The summed E-state index contributed by atoms with van der Waals surface area (Å²) in [5.41, 5.74) is 0. The maximum atomic E-state index is 12.0.